The van der Waals surface area contributed by atoms with Crippen LogP contribution < -0.4 is 10.3 Å². The summed E-state index contributed by atoms with van der Waals surface area (Å²) in [4.78, 5) is 15.0. The molecule has 4 aromatic rings. The first-order valence-corrected chi connectivity index (χ1v) is 12.3. The first-order chi connectivity index (χ1) is 16.0. The molecule has 2 N–H and O–H groups in total. The summed E-state index contributed by atoms with van der Waals surface area (Å²) in [6.45, 7) is 2.95. The van der Waals surface area contributed by atoms with Crippen LogP contribution in [0.3, 0.4) is 0 Å². The van der Waals surface area contributed by atoms with Gasteiger partial charge in [-0.05, 0) is 61.4 Å². The zero-order valence-corrected chi connectivity index (χ0v) is 19.4. The minimum Gasteiger partial charge on any atom is -0.491 e. The van der Waals surface area contributed by atoms with E-state index in [1.54, 1.807) is 18.2 Å². The van der Waals surface area contributed by atoms with Crippen LogP contribution in [-0.2, 0) is 23.8 Å². The Morgan fingerprint density at radius 3 is 2.73 bits per heavy atom. The second-order valence-electron chi connectivity index (χ2n) is 8.10. The maximum atomic E-state index is 12.4. The molecule has 2 aromatic heterocycles. The van der Waals surface area contributed by atoms with Crippen molar-refractivity contribution in [3.05, 3.63) is 94.5 Å². The number of hydrogen-bond donors (Lipinski definition) is 2. The molecule has 6 nitrogen and oxygen atoms in total. The molecule has 7 heteroatoms. The zero-order chi connectivity index (χ0) is 23.2. The van der Waals surface area contributed by atoms with Crippen LogP contribution in [0.5, 0.6) is 5.75 Å². The standard InChI is InChI=1S/C26H28N2O4S/c1-19-12-14-28(13-5-15-33(31)23-6-3-2-4-7-23)25(19)17-21(29)18-32-22-9-10-24-20(16-22)8-11-26(30)27-24/h2-4,6-12,14,16,21,29H,5,13,15,17-18H2,1H3,(H,27,30). The van der Waals surface area contributed by atoms with Gasteiger partial charge in [-0.25, -0.2) is 0 Å². The van der Waals surface area contributed by atoms with Crippen LogP contribution in [0.2, 0.25) is 0 Å². The number of nitrogens with zero attached hydrogens (tertiary/aromatic N) is 1. The van der Waals surface area contributed by atoms with Crippen LogP contribution in [0.25, 0.3) is 10.9 Å². The second kappa shape index (κ2) is 10.6. The second-order valence-corrected chi connectivity index (χ2v) is 9.67. The van der Waals surface area contributed by atoms with Gasteiger partial charge in [0.1, 0.15) is 12.4 Å². The largest absolute Gasteiger partial charge is 0.491 e. The molecule has 4 rings (SSSR count). The fourth-order valence-electron chi connectivity index (χ4n) is 3.86. The van der Waals surface area contributed by atoms with Crippen molar-refractivity contribution < 1.29 is 14.1 Å². The Balaban J connectivity index is 1.31. The average Bonchev–Trinajstić information content (AvgIpc) is 3.17. The monoisotopic (exact) mass is 464 g/mol. The zero-order valence-electron chi connectivity index (χ0n) is 18.6. The molecule has 2 atom stereocenters. The molecule has 0 amide bonds. The molecule has 2 unspecified atom stereocenters. The van der Waals surface area contributed by atoms with Crippen molar-refractivity contribution in [1.82, 2.24) is 9.55 Å². The van der Waals surface area contributed by atoms with Gasteiger partial charge in [0.15, 0.2) is 0 Å². The summed E-state index contributed by atoms with van der Waals surface area (Å²) in [7, 11) is -1.01. The maximum absolute atomic E-state index is 12.4. The summed E-state index contributed by atoms with van der Waals surface area (Å²) in [6.07, 6.45) is 2.62. The Morgan fingerprint density at radius 1 is 1.09 bits per heavy atom. The van der Waals surface area contributed by atoms with Gasteiger partial charge in [0.05, 0.1) is 16.9 Å². The van der Waals surface area contributed by atoms with Crippen molar-refractivity contribution in [2.75, 3.05) is 12.4 Å². The molecule has 0 bridgehead atoms. The molecule has 0 saturated heterocycles. The number of aromatic amines is 1. The lowest BCUT2D eigenvalue weighted by Crippen LogP contribution is -2.22. The maximum Gasteiger partial charge on any atom is 0.248 e. The topological polar surface area (TPSA) is 84.3 Å². The van der Waals surface area contributed by atoms with Crippen molar-refractivity contribution in [2.45, 2.75) is 37.3 Å². The lowest BCUT2D eigenvalue weighted by atomic mass is 10.1. The highest BCUT2D eigenvalue weighted by Crippen LogP contribution is 2.19. The lowest BCUT2D eigenvalue weighted by molar-refractivity contribution is 0.106. The van der Waals surface area contributed by atoms with Crippen molar-refractivity contribution in [3.63, 3.8) is 0 Å². The highest BCUT2D eigenvalue weighted by Gasteiger charge is 2.14. The fraction of sp³-hybridized carbons (Fsp3) is 0.269. The Bertz CT molecular complexity index is 1300. The molecule has 172 valence electrons. The van der Waals surface area contributed by atoms with Gasteiger partial charge in [0.2, 0.25) is 5.56 Å². The molecule has 0 radical (unpaired) electrons. The van der Waals surface area contributed by atoms with Crippen LogP contribution >= 0.6 is 0 Å². The van der Waals surface area contributed by atoms with Crippen LogP contribution in [0.4, 0.5) is 0 Å². The Morgan fingerprint density at radius 2 is 1.91 bits per heavy atom. The van der Waals surface area contributed by atoms with Gasteiger partial charge in [-0.1, -0.05) is 18.2 Å². The van der Waals surface area contributed by atoms with E-state index < -0.39 is 16.9 Å². The molecular weight excluding hydrogens is 436 g/mol. The van der Waals surface area contributed by atoms with Crippen LogP contribution in [0, 0.1) is 6.92 Å². The third-order valence-electron chi connectivity index (χ3n) is 5.61. The minimum absolute atomic E-state index is 0.142. The number of aromatic nitrogens is 2. The Kier molecular flexibility index (Phi) is 7.42. The molecule has 33 heavy (non-hydrogen) atoms. The smallest absolute Gasteiger partial charge is 0.248 e. The Labute approximate surface area is 195 Å². The SMILES string of the molecule is Cc1ccn(CCCS(=O)c2ccccc2)c1CC(O)COc1ccc2[nH]c(=O)ccc2c1. The van der Waals surface area contributed by atoms with Crippen molar-refractivity contribution >= 4 is 21.7 Å². The quantitative estimate of drug-likeness (QED) is 0.374. The van der Waals surface area contributed by atoms with Crippen LogP contribution in [0.1, 0.15) is 17.7 Å². The van der Waals surface area contributed by atoms with Crippen molar-refractivity contribution in [1.29, 1.82) is 0 Å². The van der Waals surface area contributed by atoms with Gasteiger partial charge in [-0.3, -0.25) is 9.00 Å². The van der Waals surface area contributed by atoms with E-state index in [0.29, 0.717) is 17.9 Å². The highest BCUT2D eigenvalue weighted by atomic mass is 32.2. The summed E-state index contributed by atoms with van der Waals surface area (Å²) in [5, 5.41) is 11.5. The first kappa shape index (κ1) is 23.0. The molecule has 2 heterocycles. The molecule has 0 aliphatic carbocycles. The number of aryl methyl sites for hydroxylation is 2. The summed E-state index contributed by atoms with van der Waals surface area (Å²) in [5.41, 5.74) is 2.79. The molecule has 0 spiro atoms. The number of aliphatic hydroxyl groups excluding tert-OH is 1. The minimum atomic E-state index is -1.01. The summed E-state index contributed by atoms with van der Waals surface area (Å²) in [6, 6.07) is 20.2. The number of H-pyrrole nitrogens is 1. The van der Waals surface area contributed by atoms with E-state index in [1.165, 1.54) is 6.07 Å². The lowest BCUT2D eigenvalue weighted by Gasteiger charge is -2.16. The molecule has 0 saturated carbocycles. The van der Waals surface area contributed by atoms with E-state index in [2.05, 4.69) is 9.55 Å². The number of benzene rings is 2. The number of nitrogens with one attached hydrogen (secondary N) is 1. The molecule has 0 fully saturated rings. The van der Waals surface area contributed by atoms with E-state index in [-0.39, 0.29) is 12.2 Å². The predicted octanol–water partition coefficient (Wildman–Crippen LogP) is 3.82. The van der Waals surface area contributed by atoms with Crippen molar-refractivity contribution in [2.24, 2.45) is 0 Å². The number of pyridine rings is 1. The van der Waals surface area contributed by atoms with Gasteiger partial charge in [-0.15, -0.1) is 0 Å². The Hall–Kier alpha value is -3.16. The summed E-state index contributed by atoms with van der Waals surface area (Å²) >= 11 is 0. The van der Waals surface area contributed by atoms with Gasteiger partial charge < -0.3 is 19.4 Å². The number of ether oxygens (including phenoxy) is 1. The molecular formula is C26H28N2O4S. The number of rotatable bonds is 10. The van der Waals surface area contributed by atoms with Crippen LogP contribution in [-0.4, -0.2) is 37.3 Å². The summed E-state index contributed by atoms with van der Waals surface area (Å²) in [5.74, 6) is 1.24. The van der Waals surface area contributed by atoms with Crippen molar-refractivity contribution in [3.8, 4) is 5.75 Å². The third kappa shape index (κ3) is 6.00. The molecule has 2 aromatic carbocycles. The van der Waals surface area contributed by atoms with Gasteiger partial charge in [0, 0.05) is 52.5 Å². The summed E-state index contributed by atoms with van der Waals surface area (Å²) < 4.78 is 20.4. The third-order valence-corrected chi connectivity index (χ3v) is 7.07. The normalized spacial score (nSPS) is 13.2. The number of fused-ring (bicyclic) bond motifs is 1. The first-order valence-electron chi connectivity index (χ1n) is 11.0. The average molecular weight is 465 g/mol. The van der Waals surface area contributed by atoms with E-state index >= 15 is 0 Å². The van der Waals surface area contributed by atoms with E-state index in [0.717, 1.165) is 40.0 Å². The fourth-order valence-corrected chi connectivity index (χ4v) is 4.94. The van der Waals surface area contributed by atoms with Crippen LogP contribution in [0.15, 0.2) is 82.6 Å². The highest BCUT2D eigenvalue weighted by molar-refractivity contribution is 7.85. The van der Waals surface area contributed by atoms with Gasteiger partial charge in [-0.2, -0.15) is 0 Å². The van der Waals surface area contributed by atoms with E-state index in [4.69, 9.17) is 4.74 Å². The number of hydrogen-bond acceptors (Lipinski definition) is 4. The van der Waals surface area contributed by atoms with E-state index in [1.807, 2.05) is 55.6 Å². The van der Waals surface area contributed by atoms with E-state index in [9.17, 15) is 14.1 Å². The molecule has 0 aliphatic rings. The predicted molar refractivity (Wildman–Crippen MR) is 131 cm³/mol. The van der Waals surface area contributed by atoms with Gasteiger partial charge >= 0.3 is 0 Å². The molecule has 0 aliphatic heterocycles. The van der Waals surface area contributed by atoms with Gasteiger partial charge in [0.25, 0.3) is 0 Å². The number of aliphatic hydroxyl groups is 1.